The average Bonchev–Trinajstić information content (AvgIpc) is 2.80. The van der Waals surface area contributed by atoms with Gasteiger partial charge in [-0.2, -0.15) is 0 Å². The Bertz CT molecular complexity index is 317. The van der Waals surface area contributed by atoms with Gasteiger partial charge in [0.05, 0.1) is 12.6 Å². The third kappa shape index (κ3) is 2.80. The van der Waals surface area contributed by atoms with Crippen LogP contribution in [-0.2, 0) is 0 Å². The van der Waals surface area contributed by atoms with Crippen LogP contribution in [0, 0.1) is 6.92 Å². The summed E-state index contributed by atoms with van der Waals surface area (Å²) in [6, 6.07) is 4.65. The van der Waals surface area contributed by atoms with E-state index < -0.39 is 0 Å². The molecule has 2 rings (SSSR count). The standard InChI is InChI=1S/C13H20N2O/c1-10-6-7-11(8-14-10)13(9-16)15-12-4-2-3-5-12/h6-8,12-13,15-16H,2-5,9H2,1H3. The molecular weight excluding hydrogens is 200 g/mol. The number of nitrogens with zero attached hydrogens (tertiary/aromatic N) is 1. The first-order valence-electron chi connectivity index (χ1n) is 6.09. The number of aryl methyl sites for hydroxylation is 1. The van der Waals surface area contributed by atoms with Crippen molar-refractivity contribution < 1.29 is 5.11 Å². The van der Waals surface area contributed by atoms with Crippen molar-refractivity contribution in [3.8, 4) is 0 Å². The highest BCUT2D eigenvalue weighted by molar-refractivity contribution is 5.17. The fraction of sp³-hybridized carbons (Fsp3) is 0.615. The number of hydrogen-bond acceptors (Lipinski definition) is 3. The number of pyridine rings is 1. The second-order valence-electron chi connectivity index (χ2n) is 4.62. The van der Waals surface area contributed by atoms with Crippen molar-refractivity contribution in [1.82, 2.24) is 10.3 Å². The molecule has 2 N–H and O–H groups in total. The molecule has 0 spiro atoms. The molecule has 3 nitrogen and oxygen atoms in total. The van der Waals surface area contributed by atoms with Gasteiger partial charge in [0.25, 0.3) is 0 Å². The highest BCUT2D eigenvalue weighted by Gasteiger charge is 2.19. The number of aliphatic hydroxyl groups excluding tert-OH is 1. The molecule has 0 radical (unpaired) electrons. The van der Waals surface area contributed by atoms with Gasteiger partial charge in [-0.25, -0.2) is 0 Å². The summed E-state index contributed by atoms with van der Waals surface area (Å²) in [5, 5.41) is 12.9. The molecule has 0 aliphatic heterocycles. The van der Waals surface area contributed by atoms with Crippen molar-refractivity contribution >= 4 is 0 Å². The van der Waals surface area contributed by atoms with E-state index in [-0.39, 0.29) is 12.6 Å². The van der Waals surface area contributed by atoms with Crippen molar-refractivity contribution in [3.05, 3.63) is 29.6 Å². The number of nitrogens with one attached hydrogen (secondary N) is 1. The second-order valence-corrected chi connectivity index (χ2v) is 4.62. The fourth-order valence-corrected chi connectivity index (χ4v) is 2.32. The summed E-state index contributed by atoms with van der Waals surface area (Å²) in [5.41, 5.74) is 2.10. The number of rotatable bonds is 4. The SMILES string of the molecule is Cc1ccc(C(CO)NC2CCCC2)cn1. The molecule has 0 saturated heterocycles. The second kappa shape index (κ2) is 5.41. The predicted molar refractivity (Wildman–Crippen MR) is 64.2 cm³/mol. The molecule has 1 fully saturated rings. The van der Waals surface area contributed by atoms with Crippen molar-refractivity contribution in [2.75, 3.05) is 6.61 Å². The normalized spacial score (nSPS) is 18.9. The van der Waals surface area contributed by atoms with Crippen molar-refractivity contribution in [3.63, 3.8) is 0 Å². The first-order chi connectivity index (χ1) is 7.79. The van der Waals surface area contributed by atoms with Gasteiger partial charge in [-0.1, -0.05) is 18.9 Å². The summed E-state index contributed by atoms with van der Waals surface area (Å²) in [6.07, 6.45) is 6.94. The Morgan fingerprint density at radius 2 is 2.19 bits per heavy atom. The molecule has 1 aliphatic carbocycles. The third-order valence-electron chi connectivity index (χ3n) is 3.31. The fourth-order valence-electron chi connectivity index (χ4n) is 2.32. The van der Waals surface area contributed by atoms with Crippen LogP contribution < -0.4 is 5.32 Å². The van der Waals surface area contributed by atoms with Crippen LogP contribution in [0.4, 0.5) is 0 Å². The largest absolute Gasteiger partial charge is 0.394 e. The summed E-state index contributed by atoms with van der Waals surface area (Å²) in [5.74, 6) is 0. The van der Waals surface area contributed by atoms with Crippen LogP contribution in [0.3, 0.4) is 0 Å². The number of aromatic nitrogens is 1. The summed E-state index contributed by atoms with van der Waals surface area (Å²) in [4.78, 5) is 4.27. The van der Waals surface area contributed by atoms with E-state index >= 15 is 0 Å². The van der Waals surface area contributed by atoms with Gasteiger partial charge < -0.3 is 10.4 Å². The Morgan fingerprint density at radius 1 is 1.44 bits per heavy atom. The molecule has 88 valence electrons. The third-order valence-corrected chi connectivity index (χ3v) is 3.31. The Balaban J connectivity index is 2.00. The van der Waals surface area contributed by atoms with Gasteiger partial charge in [0.1, 0.15) is 0 Å². The summed E-state index contributed by atoms with van der Waals surface area (Å²) < 4.78 is 0. The van der Waals surface area contributed by atoms with E-state index in [1.165, 1.54) is 25.7 Å². The smallest absolute Gasteiger partial charge is 0.0627 e. The van der Waals surface area contributed by atoms with E-state index in [0.717, 1.165) is 11.3 Å². The van der Waals surface area contributed by atoms with Crippen LogP contribution in [0.2, 0.25) is 0 Å². The van der Waals surface area contributed by atoms with Crippen molar-refractivity contribution in [1.29, 1.82) is 0 Å². The lowest BCUT2D eigenvalue weighted by Gasteiger charge is -2.21. The van der Waals surface area contributed by atoms with Gasteiger partial charge >= 0.3 is 0 Å². The van der Waals surface area contributed by atoms with Crippen LogP contribution in [0.25, 0.3) is 0 Å². The first-order valence-corrected chi connectivity index (χ1v) is 6.09. The molecule has 1 saturated carbocycles. The zero-order chi connectivity index (χ0) is 11.4. The van der Waals surface area contributed by atoms with Gasteiger partial charge in [-0.05, 0) is 31.4 Å². The predicted octanol–water partition coefficient (Wildman–Crippen LogP) is 1.96. The van der Waals surface area contributed by atoms with E-state index in [4.69, 9.17) is 0 Å². The first kappa shape index (κ1) is 11.6. The van der Waals surface area contributed by atoms with Gasteiger partial charge in [0.15, 0.2) is 0 Å². The van der Waals surface area contributed by atoms with E-state index in [0.29, 0.717) is 6.04 Å². The van der Waals surface area contributed by atoms with E-state index in [1.54, 1.807) is 0 Å². The van der Waals surface area contributed by atoms with E-state index in [2.05, 4.69) is 10.3 Å². The van der Waals surface area contributed by atoms with Crippen molar-refractivity contribution in [2.24, 2.45) is 0 Å². The molecular formula is C13H20N2O. The lowest BCUT2D eigenvalue weighted by molar-refractivity contribution is 0.232. The zero-order valence-corrected chi connectivity index (χ0v) is 9.82. The van der Waals surface area contributed by atoms with Gasteiger partial charge in [0.2, 0.25) is 0 Å². The van der Waals surface area contributed by atoms with Crippen molar-refractivity contribution in [2.45, 2.75) is 44.7 Å². The van der Waals surface area contributed by atoms with Crippen LogP contribution in [0.15, 0.2) is 18.3 Å². The summed E-state index contributed by atoms with van der Waals surface area (Å²) in [7, 11) is 0. The monoisotopic (exact) mass is 220 g/mol. The molecule has 16 heavy (non-hydrogen) atoms. The maximum Gasteiger partial charge on any atom is 0.0627 e. The van der Waals surface area contributed by atoms with Crippen LogP contribution in [0.1, 0.15) is 43.0 Å². The quantitative estimate of drug-likeness (QED) is 0.815. The molecule has 0 aromatic carbocycles. The molecule has 1 aromatic heterocycles. The number of aliphatic hydroxyl groups is 1. The molecule has 1 aliphatic rings. The zero-order valence-electron chi connectivity index (χ0n) is 9.82. The van der Waals surface area contributed by atoms with Crippen LogP contribution >= 0.6 is 0 Å². The Morgan fingerprint density at radius 3 is 2.75 bits per heavy atom. The van der Waals surface area contributed by atoms with E-state index in [9.17, 15) is 5.11 Å². The highest BCUT2D eigenvalue weighted by Crippen LogP contribution is 2.21. The Kier molecular flexibility index (Phi) is 3.91. The van der Waals surface area contributed by atoms with E-state index in [1.807, 2.05) is 25.3 Å². The van der Waals surface area contributed by atoms with Crippen LogP contribution in [-0.4, -0.2) is 22.7 Å². The number of hydrogen-bond donors (Lipinski definition) is 2. The topological polar surface area (TPSA) is 45.1 Å². The maximum absolute atomic E-state index is 9.42. The maximum atomic E-state index is 9.42. The lowest BCUT2D eigenvalue weighted by Crippen LogP contribution is -2.32. The molecule has 0 bridgehead atoms. The molecule has 1 unspecified atom stereocenters. The van der Waals surface area contributed by atoms with Gasteiger partial charge in [-0.15, -0.1) is 0 Å². The lowest BCUT2D eigenvalue weighted by atomic mass is 10.1. The summed E-state index contributed by atoms with van der Waals surface area (Å²) in [6.45, 7) is 2.11. The highest BCUT2D eigenvalue weighted by atomic mass is 16.3. The summed E-state index contributed by atoms with van der Waals surface area (Å²) >= 11 is 0. The average molecular weight is 220 g/mol. The minimum atomic E-state index is 0.0381. The minimum absolute atomic E-state index is 0.0381. The minimum Gasteiger partial charge on any atom is -0.394 e. The van der Waals surface area contributed by atoms with Gasteiger partial charge in [0, 0.05) is 17.9 Å². The molecule has 1 aromatic rings. The molecule has 1 atom stereocenters. The Hall–Kier alpha value is -0.930. The molecule has 0 amide bonds. The van der Waals surface area contributed by atoms with Crippen LogP contribution in [0.5, 0.6) is 0 Å². The Labute approximate surface area is 96.9 Å². The van der Waals surface area contributed by atoms with Gasteiger partial charge in [-0.3, -0.25) is 4.98 Å². The molecule has 1 heterocycles. The molecule has 3 heteroatoms.